The highest BCUT2D eigenvalue weighted by Crippen LogP contribution is 2.33. The predicted octanol–water partition coefficient (Wildman–Crippen LogP) is 3.12. The average Bonchev–Trinajstić information content (AvgIpc) is 2.85. The minimum absolute atomic E-state index is 0.0644. The fourth-order valence-corrected chi connectivity index (χ4v) is 2.78. The SMILES string of the molecule is CCC(C#N)(CC)C(=O)NC1CCc2ccccc21. The van der Waals surface area contributed by atoms with Gasteiger partial charge in [0.1, 0.15) is 5.41 Å². The zero-order chi connectivity index (χ0) is 13.9. The van der Waals surface area contributed by atoms with Crippen molar-refractivity contribution in [3.8, 4) is 6.07 Å². The summed E-state index contributed by atoms with van der Waals surface area (Å²) in [4.78, 5) is 12.4. The predicted molar refractivity (Wildman–Crippen MR) is 74.3 cm³/mol. The molecule has 1 aromatic carbocycles. The summed E-state index contributed by atoms with van der Waals surface area (Å²) >= 11 is 0. The zero-order valence-corrected chi connectivity index (χ0v) is 11.6. The fourth-order valence-electron chi connectivity index (χ4n) is 2.78. The molecule has 1 aliphatic rings. The van der Waals surface area contributed by atoms with Crippen LogP contribution in [0.4, 0.5) is 0 Å². The number of fused-ring (bicyclic) bond motifs is 1. The molecule has 0 aliphatic heterocycles. The summed E-state index contributed by atoms with van der Waals surface area (Å²) < 4.78 is 0. The van der Waals surface area contributed by atoms with E-state index in [0.717, 1.165) is 12.8 Å². The van der Waals surface area contributed by atoms with Crippen LogP contribution in [0.2, 0.25) is 0 Å². The Bertz CT molecular complexity index is 512. The van der Waals surface area contributed by atoms with E-state index in [4.69, 9.17) is 0 Å². The van der Waals surface area contributed by atoms with Crippen molar-refractivity contribution in [3.05, 3.63) is 35.4 Å². The van der Waals surface area contributed by atoms with Gasteiger partial charge in [0.25, 0.3) is 0 Å². The molecule has 1 aliphatic carbocycles. The van der Waals surface area contributed by atoms with Gasteiger partial charge >= 0.3 is 0 Å². The van der Waals surface area contributed by atoms with Crippen molar-refractivity contribution in [1.82, 2.24) is 5.32 Å². The first-order valence-corrected chi connectivity index (χ1v) is 6.97. The number of rotatable bonds is 4. The molecule has 0 heterocycles. The number of aryl methyl sites for hydroxylation is 1. The van der Waals surface area contributed by atoms with E-state index in [2.05, 4.69) is 23.5 Å². The first-order chi connectivity index (χ1) is 9.16. The largest absolute Gasteiger partial charge is 0.348 e. The lowest BCUT2D eigenvalue weighted by atomic mass is 9.82. The number of carbonyl (C=O) groups is 1. The van der Waals surface area contributed by atoms with Crippen LogP contribution in [0.5, 0.6) is 0 Å². The van der Waals surface area contributed by atoms with E-state index in [0.29, 0.717) is 12.8 Å². The van der Waals surface area contributed by atoms with Crippen LogP contribution < -0.4 is 5.32 Å². The molecule has 3 nitrogen and oxygen atoms in total. The summed E-state index contributed by atoms with van der Waals surface area (Å²) in [6.45, 7) is 3.80. The van der Waals surface area contributed by atoms with Crippen LogP contribution >= 0.6 is 0 Å². The summed E-state index contributed by atoms with van der Waals surface area (Å²) in [5, 5.41) is 12.4. The standard InChI is InChI=1S/C16H20N2O/c1-3-16(4-2,11-17)15(19)18-14-10-9-12-7-5-6-8-13(12)14/h5-8,14H,3-4,9-10H2,1-2H3,(H,18,19). The smallest absolute Gasteiger partial charge is 0.240 e. The van der Waals surface area contributed by atoms with Gasteiger partial charge in [-0.25, -0.2) is 0 Å². The van der Waals surface area contributed by atoms with Crippen molar-refractivity contribution < 1.29 is 4.79 Å². The van der Waals surface area contributed by atoms with Crippen molar-refractivity contribution in [2.24, 2.45) is 5.41 Å². The van der Waals surface area contributed by atoms with Gasteiger partial charge in [-0.15, -0.1) is 0 Å². The van der Waals surface area contributed by atoms with Crippen LogP contribution in [-0.2, 0) is 11.2 Å². The van der Waals surface area contributed by atoms with E-state index in [1.807, 2.05) is 26.0 Å². The fraction of sp³-hybridized carbons (Fsp3) is 0.500. The molecule has 3 heteroatoms. The number of benzene rings is 1. The summed E-state index contributed by atoms with van der Waals surface area (Å²) in [5.41, 5.74) is 1.63. The number of nitrogens with zero attached hydrogens (tertiary/aromatic N) is 1. The van der Waals surface area contributed by atoms with Crippen LogP contribution in [0, 0.1) is 16.7 Å². The number of hydrogen-bond donors (Lipinski definition) is 1. The van der Waals surface area contributed by atoms with Gasteiger partial charge in [0.05, 0.1) is 12.1 Å². The number of amides is 1. The van der Waals surface area contributed by atoms with Crippen LogP contribution in [0.15, 0.2) is 24.3 Å². The first kappa shape index (κ1) is 13.6. The molecule has 0 fully saturated rings. The number of hydrogen-bond acceptors (Lipinski definition) is 2. The Morgan fingerprint density at radius 1 is 1.42 bits per heavy atom. The molecular formula is C16H20N2O. The lowest BCUT2D eigenvalue weighted by molar-refractivity contribution is -0.129. The van der Waals surface area contributed by atoms with E-state index < -0.39 is 5.41 Å². The van der Waals surface area contributed by atoms with Gasteiger partial charge < -0.3 is 5.32 Å². The Labute approximate surface area is 114 Å². The molecule has 1 N–H and O–H groups in total. The first-order valence-electron chi connectivity index (χ1n) is 6.97. The molecule has 1 unspecified atom stereocenters. The molecule has 1 aromatic rings. The van der Waals surface area contributed by atoms with Gasteiger partial charge in [0.15, 0.2) is 0 Å². The highest BCUT2D eigenvalue weighted by molar-refractivity contribution is 5.85. The Kier molecular flexibility index (Phi) is 3.90. The molecule has 0 saturated carbocycles. The molecule has 0 aromatic heterocycles. The van der Waals surface area contributed by atoms with Gasteiger partial charge in [0, 0.05) is 0 Å². The molecule has 0 spiro atoms. The topological polar surface area (TPSA) is 52.9 Å². The monoisotopic (exact) mass is 256 g/mol. The minimum Gasteiger partial charge on any atom is -0.348 e. The number of nitrogens with one attached hydrogen (secondary N) is 1. The van der Waals surface area contributed by atoms with Crippen LogP contribution in [0.25, 0.3) is 0 Å². The summed E-state index contributed by atoms with van der Waals surface area (Å²) in [6, 6.07) is 10.5. The second-order valence-electron chi connectivity index (χ2n) is 5.16. The Morgan fingerprint density at radius 2 is 2.11 bits per heavy atom. The number of carbonyl (C=O) groups excluding carboxylic acids is 1. The van der Waals surface area contributed by atoms with Gasteiger partial charge in [-0.3, -0.25) is 4.79 Å². The number of nitriles is 1. The highest BCUT2D eigenvalue weighted by atomic mass is 16.2. The van der Waals surface area contributed by atoms with Gasteiger partial charge in [0.2, 0.25) is 5.91 Å². The molecule has 1 amide bonds. The third-order valence-electron chi connectivity index (χ3n) is 4.29. The minimum atomic E-state index is -0.877. The van der Waals surface area contributed by atoms with E-state index in [1.165, 1.54) is 11.1 Å². The van der Waals surface area contributed by atoms with E-state index in [9.17, 15) is 10.1 Å². The molecule has 1 atom stereocenters. The molecule has 100 valence electrons. The van der Waals surface area contributed by atoms with Crippen molar-refractivity contribution in [2.75, 3.05) is 0 Å². The maximum Gasteiger partial charge on any atom is 0.240 e. The molecular weight excluding hydrogens is 236 g/mol. The van der Waals surface area contributed by atoms with Crippen molar-refractivity contribution >= 4 is 5.91 Å². The summed E-state index contributed by atoms with van der Waals surface area (Å²) in [5.74, 6) is -0.123. The second kappa shape index (κ2) is 5.44. The highest BCUT2D eigenvalue weighted by Gasteiger charge is 2.37. The summed E-state index contributed by atoms with van der Waals surface area (Å²) in [7, 11) is 0. The van der Waals surface area contributed by atoms with Crippen molar-refractivity contribution in [1.29, 1.82) is 5.26 Å². The maximum absolute atomic E-state index is 12.4. The lowest BCUT2D eigenvalue weighted by Gasteiger charge is -2.25. The Morgan fingerprint density at radius 3 is 2.74 bits per heavy atom. The third kappa shape index (κ3) is 2.35. The van der Waals surface area contributed by atoms with Gasteiger partial charge in [-0.1, -0.05) is 38.1 Å². The molecule has 0 bridgehead atoms. The van der Waals surface area contributed by atoms with Crippen LogP contribution in [0.1, 0.15) is 50.3 Å². The van der Waals surface area contributed by atoms with Crippen LogP contribution in [0.3, 0.4) is 0 Å². The Hall–Kier alpha value is -1.82. The second-order valence-corrected chi connectivity index (χ2v) is 5.16. The lowest BCUT2D eigenvalue weighted by Crippen LogP contribution is -2.40. The van der Waals surface area contributed by atoms with Gasteiger partial charge in [-0.2, -0.15) is 5.26 Å². The average molecular weight is 256 g/mol. The Balaban J connectivity index is 2.16. The normalized spacial score (nSPS) is 17.6. The summed E-state index contributed by atoms with van der Waals surface area (Å²) in [6.07, 6.45) is 3.04. The molecule has 2 rings (SSSR count). The molecule has 0 saturated heterocycles. The maximum atomic E-state index is 12.4. The zero-order valence-electron chi connectivity index (χ0n) is 11.6. The van der Waals surface area contributed by atoms with E-state index >= 15 is 0 Å². The van der Waals surface area contributed by atoms with Gasteiger partial charge in [-0.05, 0) is 36.8 Å². The van der Waals surface area contributed by atoms with E-state index in [1.54, 1.807) is 0 Å². The molecule has 19 heavy (non-hydrogen) atoms. The molecule has 0 radical (unpaired) electrons. The van der Waals surface area contributed by atoms with E-state index in [-0.39, 0.29) is 11.9 Å². The third-order valence-corrected chi connectivity index (χ3v) is 4.29. The van der Waals surface area contributed by atoms with Crippen molar-refractivity contribution in [2.45, 2.75) is 45.6 Å². The quantitative estimate of drug-likeness (QED) is 0.899. The van der Waals surface area contributed by atoms with Crippen LogP contribution in [-0.4, -0.2) is 5.91 Å². The van der Waals surface area contributed by atoms with Crippen molar-refractivity contribution in [3.63, 3.8) is 0 Å².